The summed E-state index contributed by atoms with van der Waals surface area (Å²) in [7, 11) is 3.04. The Balaban J connectivity index is 1.75. The lowest BCUT2D eigenvalue weighted by Crippen LogP contribution is -2.47. The third-order valence-corrected chi connectivity index (χ3v) is 4.10. The molecule has 0 spiro atoms. The molecule has 2 aromatic rings. The van der Waals surface area contributed by atoms with Crippen molar-refractivity contribution in [1.29, 1.82) is 0 Å². The fraction of sp³-hybridized carbons (Fsp3) is 0.353. The van der Waals surface area contributed by atoms with Crippen molar-refractivity contribution in [3.05, 3.63) is 42.4 Å². The summed E-state index contributed by atoms with van der Waals surface area (Å²) in [5.41, 5.74) is 1.47. The molecule has 126 valence electrons. The van der Waals surface area contributed by atoms with E-state index >= 15 is 0 Å². The van der Waals surface area contributed by atoms with Gasteiger partial charge in [0.05, 0.1) is 19.9 Å². The number of benzene rings is 1. The quantitative estimate of drug-likeness (QED) is 0.790. The number of anilines is 2. The van der Waals surface area contributed by atoms with Crippen LogP contribution in [0.2, 0.25) is 0 Å². The molecule has 0 saturated carbocycles. The first-order valence-electron chi connectivity index (χ1n) is 7.76. The molecule has 1 aromatic carbocycles. The number of methoxy groups -OCH3 is 2. The van der Waals surface area contributed by atoms with Gasteiger partial charge < -0.3 is 19.3 Å². The molecule has 0 N–H and O–H groups in total. The minimum absolute atomic E-state index is 0.394. The van der Waals surface area contributed by atoms with Crippen LogP contribution in [0.3, 0.4) is 0 Å². The number of nitrogens with zero attached hydrogens (tertiary/aromatic N) is 4. The second-order valence-corrected chi connectivity index (χ2v) is 5.40. The Bertz CT molecular complexity index is 714. The maximum absolute atomic E-state index is 11.9. The van der Waals surface area contributed by atoms with E-state index in [-0.39, 0.29) is 0 Å². The second kappa shape index (κ2) is 7.16. The molecule has 24 heavy (non-hydrogen) atoms. The normalized spacial score (nSPS) is 14.4. The topological polar surface area (TPSA) is 67.8 Å². The van der Waals surface area contributed by atoms with E-state index in [1.807, 2.05) is 18.2 Å². The summed E-state index contributed by atoms with van der Waals surface area (Å²) in [6.07, 6.45) is 2.95. The van der Waals surface area contributed by atoms with Gasteiger partial charge in [-0.05, 0) is 12.1 Å². The molecule has 3 rings (SSSR count). The van der Waals surface area contributed by atoms with E-state index in [4.69, 9.17) is 9.47 Å². The second-order valence-electron chi connectivity index (χ2n) is 5.40. The molecule has 0 aliphatic carbocycles. The van der Waals surface area contributed by atoms with Gasteiger partial charge in [0.25, 0.3) is 0 Å². The van der Waals surface area contributed by atoms with Gasteiger partial charge in [-0.3, -0.25) is 0 Å². The standard InChI is InChI=1S/C17H20N4O3/c1-23-15-6-4-3-5-14(15)20-7-9-21(10-8-20)16-13(17(22)24-2)11-18-12-19-16/h3-6,11-12H,7-10H2,1-2H3. The van der Waals surface area contributed by atoms with Gasteiger partial charge in [-0.1, -0.05) is 12.1 Å². The smallest absolute Gasteiger partial charge is 0.343 e. The van der Waals surface area contributed by atoms with Crippen LogP contribution < -0.4 is 14.5 Å². The summed E-state index contributed by atoms with van der Waals surface area (Å²) >= 11 is 0. The van der Waals surface area contributed by atoms with E-state index in [1.54, 1.807) is 7.11 Å². The van der Waals surface area contributed by atoms with Gasteiger partial charge >= 0.3 is 5.97 Å². The number of carbonyl (C=O) groups excluding carboxylic acids is 1. The number of aromatic nitrogens is 2. The predicted octanol–water partition coefficient (Wildman–Crippen LogP) is 1.60. The van der Waals surface area contributed by atoms with Crippen LogP contribution in [0.4, 0.5) is 11.5 Å². The molecule has 2 heterocycles. The Morgan fingerprint density at radius 2 is 1.79 bits per heavy atom. The van der Waals surface area contributed by atoms with Gasteiger partial charge in [0, 0.05) is 32.4 Å². The van der Waals surface area contributed by atoms with Crippen LogP contribution >= 0.6 is 0 Å². The predicted molar refractivity (Wildman–Crippen MR) is 90.8 cm³/mol. The summed E-state index contributed by atoms with van der Waals surface area (Å²) in [5, 5.41) is 0. The van der Waals surface area contributed by atoms with Crippen LogP contribution in [0.5, 0.6) is 5.75 Å². The molecule has 7 heteroatoms. The van der Waals surface area contributed by atoms with Crippen molar-refractivity contribution in [2.24, 2.45) is 0 Å². The summed E-state index contributed by atoms with van der Waals surface area (Å²) in [5.74, 6) is 1.07. The minimum Gasteiger partial charge on any atom is -0.495 e. The molecule has 1 aliphatic heterocycles. The molecular formula is C17H20N4O3. The van der Waals surface area contributed by atoms with E-state index in [1.165, 1.54) is 19.6 Å². The average molecular weight is 328 g/mol. The highest BCUT2D eigenvalue weighted by Crippen LogP contribution is 2.29. The monoisotopic (exact) mass is 328 g/mol. The number of hydrogen-bond acceptors (Lipinski definition) is 7. The first kappa shape index (κ1) is 16.0. The fourth-order valence-corrected chi connectivity index (χ4v) is 2.88. The third kappa shape index (κ3) is 3.10. The molecule has 1 aliphatic rings. The molecule has 1 saturated heterocycles. The highest BCUT2D eigenvalue weighted by atomic mass is 16.5. The minimum atomic E-state index is -0.419. The van der Waals surface area contributed by atoms with Crippen molar-refractivity contribution in [3.63, 3.8) is 0 Å². The summed E-state index contributed by atoms with van der Waals surface area (Å²) < 4.78 is 10.3. The number of ether oxygens (including phenoxy) is 2. The van der Waals surface area contributed by atoms with E-state index in [2.05, 4.69) is 25.8 Å². The summed E-state index contributed by atoms with van der Waals surface area (Å²) in [4.78, 5) is 24.4. The molecule has 0 amide bonds. The Labute approximate surface area is 140 Å². The third-order valence-electron chi connectivity index (χ3n) is 4.10. The largest absolute Gasteiger partial charge is 0.495 e. The number of carbonyl (C=O) groups is 1. The van der Waals surface area contributed by atoms with Crippen molar-refractivity contribution >= 4 is 17.5 Å². The lowest BCUT2D eigenvalue weighted by atomic mass is 10.2. The van der Waals surface area contributed by atoms with E-state index in [9.17, 15) is 4.79 Å². The summed E-state index contributed by atoms with van der Waals surface area (Å²) in [6, 6.07) is 7.98. The average Bonchev–Trinajstić information content (AvgIpc) is 2.67. The van der Waals surface area contributed by atoms with Gasteiger partial charge in [-0.15, -0.1) is 0 Å². The lowest BCUT2D eigenvalue weighted by molar-refractivity contribution is 0.0600. The lowest BCUT2D eigenvalue weighted by Gasteiger charge is -2.37. The number of hydrogen-bond donors (Lipinski definition) is 0. The van der Waals surface area contributed by atoms with Crippen LogP contribution in [0.1, 0.15) is 10.4 Å². The van der Waals surface area contributed by atoms with Crippen LogP contribution in [0, 0.1) is 0 Å². The van der Waals surface area contributed by atoms with Gasteiger partial charge in [0.15, 0.2) is 0 Å². The molecule has 1 fully saturated rings. The fourth-order valence-electron chi connectivity index (χ4n) is 2.88. The summed E-state index contributed by atoms with van der Waals surface area (Å²) in [6.45, 7) is 3.12. The van der Waals surface area contributed by atoms with E-state index < -0.39 is 5.97 Å². The highest BCUT2D eigenvalue weighted by Gasteiger charge is 2.24. The van der Waals surface area contributed by atoms with Gasteiger partial charge in [-0.25, -0.2) is 14.8 Å². The zero-order chi connectivity index (χ0) is 16.9. The molecule has 0 radical (unpaired) electrons. The number of piperazine rings is 1. The Morgan fingerprint density at radius 1 is 1.08 bits per heavy atom. The van der Waals surface area contributed by atoms with E-state index in [0.717, 1.165) is 37.6 Å². The number of para-hydroxylation sites is 2. The number of rotatable bonds is 4. The first-order chi connectivity index (χ1) is 11.7. The molecule has 1 aromatic heterocycles. The van der Waals surface area contributed by atoms with Crippen molar-refractivity contribution < 1.29 is 14.3 Å². The first-order valence-corrected chi connectivity index (χ1v) is 7.76. The highest BCUT2D eigenvalue weighted by molar-refractivity contribution is 5.94. The SMILES string of the molecule is COC(=O)c1cncnc1N1CCN(c2ccccc2OC)CC1. The van der Waals surface area contributed by atoms with Crippen molar-refractivity contribution in [1.82, 2.24) is 9.97 Å². The van der Waals surface area contributed by atoms with E-state index in [0.29, 0.717) is 11.4 Å². The molecule has 0 atom stereocenters. The van der Waals surface area contributed by atoms with Gasteiger partial charge in [0.2, 0.25) is 0 Å². The van der Waals surface area contributed by atoms with Gasteiger partial charge in [0.1, 0.15) is 23.5 Å². The van der Waals surface area contributed by atoms with Crippen LogP contribution in [-0.4, -0.2) is 56.3 Å². The van der Waals surface area contributed by atoms with Crippen molar-refractivity contribution in [2.75, 3.05) is 50.2 Å². The van der Waals surface area contributed by atoms with Crippen molar-refractivity contribution in [2.45, 2.75) is 0 Å². The van der Waals surface area contributed by atoms with Crippen LogP contribution in [0.15, 0.2) is 36.8 Å². The molecular weight excluding hydrogens is 308 g/mol. The molecule has 7 nitrogen and oxygen atoms in total. The Kier molecular flexibility index (Phi) is 4.79. The molecule has 0 unspecified atom stereocenters. The van der Waals surface area contributed by atoms with Crippen molar-refractivity contribution in [3.8, 4) is 5.75 Å². The zero-order valence-electron chi connectivity index (χ0n) is 13.8. The maximum atomic E-state index is 11.9. The maximum Gasteiger partial charge on any atom is 0.343 e. The number of esters is 1. The van der Waals surface area contributed by atoms with Gasteiger partial charge in [-0.2, -0.15) is 0 Å². The Morgan fingerprint density at radius 3 is 2.50 bits per heavy atom. The molecule has 0 bridgehead atoms. The van der Waals surface area contributed by atoms with Crippen LogP contribution in [0.25, 0.3) is 0 Å². The van der Waals surface area contributed by atoms with Crippen LogP contribution in [-0.2, 0) is 4.74 Å². The Hall–Kier alpha value is -2.83. The zero-order valence-corrected chi connectivity index (χ0v) is 13.8.